The third kappa shape index (κ3) is 11.5. The molecule has 14 aromatic carbocycles. The third-order valence-electron chi connectivity index (χ3n) is 17.9. The van der Waals surface area contributed by atoms with E-state index < -0.39 is 26.7 Å². The van der Waals surface area contributed by atoms with E-state index in [1.54, 1.807) is 0 Å². The molecule has 0 saturated carbocycles. The van der Waals surface area contributed by atoms with Gasteiger partial charge in [-0.15, -0.1) is 23.3 Å². The van der Waals surface area contributed by atoms with E-state index in [1.165, 1.54) is 98.2 Å². The van der Waals surface area contributed by atoms with Gasteiger partial charge in [-0.1, -0.05) is 302 Å². The van der Waals surface area contributed by atoms with Gasteiger partial charge in [-0.25, -0.2) is 0 Å². The quantitative estimate of drug-likeness (QED) is 0.0554. The Morgan fingerprint density at radius 1 is 0.239 bits per heavy atom. The van der Waals surface area contributed by atoms with E-state index in [0.717, 1.165) is 22.3 Å². The van der Waals surface area contributed by atoms with E-state index in [2.05, 4.69) is 352 Å². The molecule has 0 unspecified atom stereocenters. The van der Waals surface area contributed by atoms with Gasteiger partial charge in [0, 0.05) is 0 Å². The van der Waals surface area contributed by atoms with Crippen molar-refractivity contribution in [1.29, 1.82) is 0 Å². The van der Waals surface area contributed by atoms with Crippen LogP contribution in [-0.2, 0) is 55.6 Å². The van der Waals surface area contributed by atoms with Gasteiger partial charge in [0.1, 0.15) is 47.7 Å². The van der Waals surface area contributed by atoms with Crippen LogP contribution in [0, 0.1) is 24.7 Å². The van der Waals surface area contributed by atoms with Crippen LogP contribution in [0.1, 0.15) is 55.6 Å². The van der Waals surface area contributed by atoms with E-state index >= 15 is 0 Å². The van der Waals surface area contributed by atoms with Gasteiger partial charge < -0.3 is 12.8 Å². The maximum absolute atomic E-state index is 7.97. The monoisotopic (exact) mass is 1570 g/mol. The SMILES string of the molecule is [Au+].[Au+].[C-]#Cc1cccc2c1C(c1ccccc1)(c1ccccc1)c1ccccc1-2.[C-]#Cc1cccc2c1C(c1ccccc1)(c1ccccc1)c1ccccc1-2.c1ccc([PH+](c2ccccc2)c2cc3ccccc3cc2[PH+](c2ccccc2)c2ccccc2)cc1. The molecule has 0 fully saturated rings. The number of hydrogen-bond acceptors (Lipinski definition) is 0. The Morgan fingerprint density at radius 2 is 0.478 bits per heavy atom. The van der Waals surface area contributed by atoms with E-state index in [0.29, 0.717) is 0 Å². The second kappa shape index (κ2) is 28.5. The molecule has 0 atom stereocenters. The maximum atomic E-state index is 7.97. The summed E-state index contributed by atoms with van der Waals surface area (Å²) in [4.78, 5) is 0. The van der Waals surface area contributed by atoms with Crippen LogP contribution in [0.15, 0.2) is 364 Å². The van der Waals surface area contributed by atoms with Crippen molar-refractivity contribution in [3.05, 3.63) is 432 Å². The van der Waals surface area contributed by atoms with Crippen molar-refractivity contribution in [2.24, 2.45) is 0 Å². The number of hydrogen-bond donors (Lipinski definition) is 0. The Hall–Kier alpha value is -9.20. The average molecular weight is 1580 g/mol. The van der Waals surface area contributed by atoms with Gasteiger partial charge in [0.15, 0.2) is 0 Å². The van der Waals surface area contributed by atoms with Gasteiger partial charge in [0.25, 0.3) is 0 Å². The molecule has 0 aromatic heterocycles. The van der Waals surface area contributed by atoms with Crippen molar-refractivity contribution >= 4 is 58.4 Å². The van der Waals surface area contributed by atoms with Gasteiger partial charge in [-0.05, 0) is 127 Å². The van der Waals surface area contributed by atoms with Crippen molar-refractivity contribution in [2.75, 3.05) is 0 Å². The summed E-state index contributed by atoms with van der Waals surface area (Å²) in [5.74, 6) is 5.41. The summed E-state index contributed by atoms with van der Waals surface area (Å²) >= 11 is 0. The smallest absolute Gasteiger partial charge is 0.366 e. The molecule has 0 radical (unpaired) electrons. The Balaban J connectivity index is 0.000000134. The van der Waals surface area contributed by atoms with Gasteiger partial charge in [-0.3, -0.25) is 11.8 Å². The summed E-state index contributed by atoms with van der Waals surface area (Å²) in [6.07, 6.45) is 15.9. The van der Waals surface area contributed by atoms with Crippen LogP contribution >= 0.6 is 15.8 Å². The topological polar surface area (TPSA) is 0 Å². The largest absolute Gasteiger partial charge is 1.00 e. The van der Waals surface area contributed by atoms with E-state index in [9.17, 15) is 0 Å². The Morgan fingerprint density at radius 3 is 0.761 bits per heavy atom. The first-order valence-corrected chi connectivity index (χ1v) is 33.7. The Bertz CT molecular complexity index is 4420. The van der Waals surface area contributed by atoms with E-state index in [4.69, 9.17) is 12.8 Å². The standard InChI is InChI=1S/C34H26P2.2C27H17.2Au/c1-5-17-29(18-6-1)35(30-19-7-2-8-20-30)33-25-27-15-13-14-16-28(27)26-34(33)36(31-21-9-3-10-22-31)32-23-11-4-12-24-32;2*1-2-20-12-11-18-24-23-17-9-10-19-25(23)27(26(20)24,21-13-5-3-6-14-21)22-15-7-4-8-16-22;;/h1-26H;2*3-19H;;/q;2*-1;2*+1/p+2. The zero-order valence-corrected chi connectivity index (χ0v) is 56.6. The summed E-state index contributed by atoms with van der Waals surface area (Å²) in [5.41, 5.74) is 15.3. The second-order valence-electron chi connectivity index (χ2n) is 22.7. The predicted octanol–water partition coefficient (Wildman–Crippen LogP) is 17.8. The first-order chi connectivity index (χ1) is 44.6. The predicted molar refractivity (Wildman–Crippen MR) is 384 cm³/mol. The fraction of sp³-hybridized carbons (Fsp3) is 0.0227. The molecular formula is C88H62Au2P2+2. The number of fused-ring (bicyclic) bond motifs is 7. The van der Waals surface area contributed by atoms with Crippen LogP contribution in [0.5, 0.6) is 0 Å². The minimum absolute atomic E-state index is 0. The normalized spacial score (nSPS) is 12.3. The molecule has 14 aromatic rings. The molecule has 16 rings (SSSR count). The van der Waals surface area contributed by atoms with Crippen molar-refractivity contribution in [3.63, 3.8) is 0 Å². The molecule has 0 amide bonds. The first-order valence-electron chi connectivity index (χ1n) is 30.7. The fourth-order valence-corrected chi connectivity index (χ4v) is 20.3. The minimum Gasteiger partial charge on any atom is -0.366 e. The summed E-state index contributed by atoms with van der Waals surface area (Å²) in [7, 11) is -2.46. The van der Waals surface area contributed by atoms with Crippen LogP contribution in [-0.4, -0.2) is 0 Å². The van der Waals surface area contributed by atoms with Crippen LogP contribution in [0.25, 0.3) is 33.0 Å². The number of benzene rings is 14. The molecule has 0 spiro atoms. The van der Waals surface area contributed by atoms with Gasteiger partial charge in [-0.2, -0.15) is 0 Å². The van der Waals surface area contributed by atoms with E-state index in [1.807, 2.05) is 24.3 Å². The van der Waals surface area contributed by atoms with Gasteiger partial charge >= 0.3 is 44.8 Å². The van der Waals surface area contributed by atoms with Crippen LogP contribution < -0.4 is 31.8 Å². The van der Waals surface area contributed by atoms with Gasteiger partial charge in [0.05, 0.1) is 10.8 Å². The summed E-state index contributed by atoms with van der Waals surface area (Å²) in [6.45, 7) is 0. The van der Waals surface area contributed by atoms with Gasteiger partial charge in [0.2, 0.25) is 0 Å². The number of rotatable bonds is 10. The zero-order valence-electron chi connectivity index (χ0n) is 50.2. The van der Waals surface area contributed by atoms with Crippen molar-refractivity contribution < 1.29 is 44.8 Å². The molecule has 0 bridgehead atoms. The van der Waals surface area contributed by atoms with Crippen LogP contribution in [0.3, 0.4) is 0 Å². The summed E-state index contributed by atoms with van der Waals surface area (Å²) < 4.78 is 0. The van der Waals surface area contributed by atoms with Crippen molar-refractivity contribution in [1.82, 2.24) is 0 Å². The molecule has 0 heterocycles. The van der Waals surface area contributed by atoms with Crippen molar-refractivity contribution in [3.8, 4) is 34.1 Å². The van der Waals surface area contributed by atoms with Crippen LogP contribution in [0.4, 0.5) is 0 Å². The molecule has 0 saturated heterocycles. The molecule has 0 nitrogen and oxygen atoms in total. The summed E-state index contributed by atoms with van der Waals surface area (Å²) in [5, 5.41) is 11.3. The molecule has 0 aliphatic heterocycles. The average Bonchev–Trinajstić information content (AvgIpc) is 1.52. The Kier molecular flexibility index (Phi) is 19.5. The zero-order chi connectivity index (χ0) is 60.7. The van der Waals surface area contributed by atoms with E-state index in [-0.39, 0.29) is 44.8 Å². The molecule has 2 aliphatic rings. The van der Waals surface area contributed by atoms with Crippen LogP contribution in [0.2, 0.25) is 0 Å². The fourth-order valence-electron chi connectivity index (χ4n) is 14.2. The molecule has 4 heteroatoms. The van der Waals surface area contributed by atoms with Crippen molar-refractivity contribution in [2.45, 2.75) is 10.8 Å². The second-order valence-corrected chi connectivity index (χ2v) is 27.6. The first kappa shape index (κ1) is 63.0. The Labute approximate surface area is 575 Å². The molecule has 444 valence electrons. The molecular weight excluding hydrogens is 1510 g/mol. The third-order valence-corrected chi connectivity index (χ3v) is 23.7. The molecule has 2 aliphatic carbocycles. The minimum atomic E-state index is -1.23. The summed E-state index contributed by atoms with van der Waals surface area (Å²) in [6, 6.07) is 130. The molecule has 0 N–H and O–H groups in total. The molecule has 92 heavy (non-hydrogen) atoms. The maximum Gasteiger partial charge on any atom is 1.00 e.